The van der Waals surface area contributed by atoms with E-state index in [0.717, 1.165) is 35.2 Å². The van der Waals surface area contributed by atoms with Gasteiger partial charge in [0.05, 0.1) is 11.8 Å². The highest BCUT2D eigenvalue weighted by Crippen LogP contribution is 2.35. The van der Waals surface area contributed by atoms with Gasteiger partial charge in [0.1, 0.15) is 10.7 Å². The summed E-state index contributed by atoms with van der Waals surface area (Å²) in [4.78, 5) is 34.8. The monoisotopic (exact) mass is 341 g/mol. The Hall–Kier alpha value is -2.54. The maximum absolute atomic E-state index is 13.1. The van der Waals surface area contributed by atoms with Crippen molar-refractivity contribution in [1.82, 2.24) is 14.5 Å². The molecule has 0 aromatic carbocycles. The number of carboxylic acid groups (broad SMARTS) is 1. The van der Waals surface area contributed by atoms with Crippen molar-refractivity contribution in [3.63, 3.8) is 0 Å². The van der Waals surface area contributed by atoms with Crippen molar-refractivity contribution in [3.8, 4) is 11.4 Å². The van der Waals surface area contributed by atoms with E-state index in [1.165, 1.54) is 9.44 Å². The molecule has 1 aliphatic carbocycles. The summed E-state index contributed by atoms with van der Waals surface area (Å²) in [6, 6.07) is 3.61. The molecule has 0 aliphatic heterocycles. The van der Waals surface area contributed by atoms with Crippen molar-refractivity contribution in [1.29, 1.82) is 0 Å². The Balaban J connectivity index is 1.98. The van der Waals surface area contributed by atoms with Crippen LogP contribution in [0, 0.1) is 0 Å². The number of hydrogen-bond donors (Lipinski definition) is 1. The lowest BCUT2D eigenvalue weighted by molar-refractivity contribution is -0.137. The summed E-state index contributed by atoms with van der Waals surface area (Å²) in [6.07, 6.45) is 6.14. The van der Waals surface area contributed by atoms with Gasteiger partial charge in [-0.1, -0.05) is 0 Å². The molecule has 3 aromatic rings. The number of pyridine rings is 1. The van der Waals surface area contributed by atoms with Crippen LogP contribution in [0.4, 0.5) is 0 Å². The zero-order chi connectivity index (χ0) is 16.7. The molecule has 0 unspecified atom stereocenters. The number of aliphatic carboxylic acids is 1. The van der Waals surface area contributed by atoms with Crippen LogP contribution in [0.3, 0.4) is 0 Å². The van der Waals surface area contributed by atoms with E-state index in [1.54, 1.807) is 29.8 Å². The molecule has 0 amide bonds. The number of aromatic nitrogens is 3. The molecule has 24 heavy (non-hydrogen) atoms. The van der Waals surface area contributed by atoms with Gasteiger partial charge in [-0.05, 0) is 37.0 Å². The maximum Gasteiger partial charge on any atom is 0.305 e. The van der Waals surface area contributed by atoms with Crippen molar-refractivity contribution in [3.05, 3.63) is 45.3 Å². The van der Waals surface area contributed by atoms with Crippen LogP contribution in [0.2, 0.25) is 0 Å². The number of carboxylic acids is 1. The summed E-state index contributed by atoms with van der Waals surface area (Å²) in [6.45, 7) is 0.103. The van der Waals surface area contributed by atoms with Crippen LogP contribution in [-0.2, 0) is 24.2 Å². The third-order valence-corrected chi connectivity index (χ3v) is 5.48. The molecule has 0 spiro atoms. The highest BCUT2D eigenvalue weighted by Gasteiger charge is 2.23. The average molecular weight is 341 g/mol. The van der Waals surface area contributed by atoms with Gasteiger partial charge in [0.2, 0.25) is 0 Å². The zero-order valence-corrected chi connectivity index (χ0v) is 13.7. The Morgan fingerprint density at radius 2 is 2.25 bits per heavy atom. The number of aryl methyl sites for hydroxylation is 2. The molecule has 4 rings (SSSR count). The van der Waals surface area contributed by atoms with Crippen LogP contribution in [-0.4, -0.2) is 25.6 Å². The minimum Gasteiger partial charge on any atom is -0.481 e. The Labute approximate surface area is 141 Å². The first kappa shape index (κ1) is 15.0. The lowest BCUT2D eigenvalue weighted by Gasteiger charge is -2.11. The fourth-order valence-electron chi connectivity index (χ4n) is 3.21. The first-order valence-electron chi connectivity index (χ1n) is 7.82. The summed E-state index contributed by atoms with van der Waals surface area (Å²) in [5.74, 6) is -0.448. The lowest BCUT2D eigenvalue weighted by Crippen LogP contribution is -2.24. The standard InChI is InChI=1S/C17H15N3O3S/c21-13(22)6-8-20-15(10-3-2-7-18-9-10)19-16-14(17(20)23)11-4-1-5-12(11)24-16/h2-3,7,9H,1,4-6,8H2,(H,21,22). The molecular weight excluding hydrogens is 326 g/mol. The van der Waals surface area contributed by atoms with Crippen molar-refractivity contribution in [2.24, 2.45) is 0 Å². The Morgan fingerprint density at radius 3 is 3.00 bits per heavy atom. The number of hydrogen-bond acceptors (Lipinski definition) is 5. The fraction of sp³-hybridized carbons (Fsp3) is 0.294. The van der Waals surface area contributed by atoms with E-state index in [9.17, 15) is 9.59 Å². The highest BCUT2D eigenvalue weighted by atomic mass is 32.1. The molecule has 3 aromatic heterocycles. The van der Waals surface area contributed by atoms with Gasteiger partial charge in [-0.25, -0.2) is 4.98 Å². The second-order valence-electron chi connectivity index (χ2n) is 5.82. The fourth-order valence-corrected chi connectivity index (χ4v) is 4.46. The predicted octanol–water partition coefficient (Wildman–Crippen LogP) is 2.48. The minimum absolute atomic E-state index is 0.103. The van der Waals surface area contributed by atoms with E-state index in [4.69, 9.17) is 10.1 Å². The first-order chi connectivity index (χ1) is 11.6. The molecular formula is C17H15N3O3S. The molecule has 0 atom stereocenters. The van der Waals surface area contributed by atoms with Crippen molar-refractivity contribution in [2.75, 3.05) is 0 Å². The van der Waals surface area contributed by atoms with E-state index in [0.29, 0.717) is 11.2 Å². The van der Waals surface area contributed by atoms with E-state index in [-0.39, 0.29) is 18.5 Å². The SMILES string of the molecule is O=C(O)CCn1c(-c2cccnc2)nc2sc3c(c2c1=O)CCC3. The van der Waals surface area contributed by atoms with Gasteiger partial charge >= 0.3 is 5.97 Å². The van der Waals surface area contributed by atoms with Crippen LogP contribution < -0.4 is 5.56 Å². The van der Waals surface area contributed by atoms with Crippen LogP contribution >= 0.6 is 11.3 Å². The van der Waals surface area contributed by atoms with Crippen LogP contribution in [0.25, 0.3) is 21.6 Å². The summed E-state index contributed by atoms with van der Waals surface area (Å²) in [5.41, 5.74) is 1.68. The predicted molar refractivity (Wildman–Crippen MR) is 91.4 cm³/mol. The first-order valence-corrected chi connectivity index (χ1v) is 8.64. The van der Waals surface area contributed by atoms with E-state index >= 15 is 0 Å². The van der Waals surface area contributed by atoms with E-state index in [1.807, 2.05) is 6.07 Å². The normalized spacial score (nSPS) is 13.3. The van der Waals surface area contributed by atoms with Gasteiger partial charge in [-0.3, -0.25) is 19.1 Å². The van der Waals surface area contributed by atoms with Gasteiger partial charge in [-0.2, -0.15) is 0 Å². The van der Waals surface area contributed by atoms with Crippen molar-refractivity contribution < 1.29 is 9.90 Å². The number of rotatable bonds is 4. The number of thiophene rings is 1. The second kappa shape index (κ2) is 5.83. The minimum atomic E-state index is -0.935. The van der Waals surface area contributed by atoms with Gasteiger partial charge in [-0.15, -0.1) is 11.3 Å². The summed E-state index contributed by atoms with van der Waals surface area (Å²) >= 11 is 1.58. The summed E-state index contributed by atoms with van der Waals surface area (Å²) < 4.78 is 1.48. The molecule has 0 bridgehead atoms. The molecule has 0 fully saturated rings. The second-order valence-corrected chi connectivity index (χ2v) is 6.90. The summed E-state index contributed by atoms with van der Waals surface area (Å²) in [7, 11) is 0. The Kier molecular flexibility index (Phi) is 3.65. The lowest BCUT2D eigenvalue weighted by atomic mass is 10.2. The molecule has 3 heterocycles. The number of fused-ring (bicyclic) bond motifs is 3. The van der Waals surface area contributed by atoms with E-state index in [2.05, 4.69) is 4.98 Å². The van der Waals surface area contributed by atoms with Gasteiger partial charge in [0, 0.05) is 29.4 Å². The third kappa shape index (κ3) is 2.41. The average Bonchev–Trinajstić information content (AvgIpc) is 3.14. The molecule has 6 nitrogen and oxygen atoms in total. The smallest absolute Gasteiger partial charge is 0.305 e. The molecule has 0 saturated carbocycles. The van der Waals surface area contributed by atoms with Gasteiger partial charge in [0.25, 0.3) is 5.56 Å². The Morgan fingerprint density at radius 1 is 1.38 bits per heavy atom. The van der Waals surface area contributed by atoms with Crippen LogP contribution in [0.15, 0.2) is 29.3 Å². The highest BCUT2D eigenvalue weighted by molar-refractivity contribution is 7.18. The molecule has 122 valence electrons. The van der Waals surface area contributed by atoms with Gasteiger partial charge < -0.3 is 5.11 Å². The van der Waals surface area contributed by atoms with Crippen molar-refractivity contribution >= 4 is 27.5 Å². The largest absolute Gasteiger partial charge is 0.481 e. The zero-order valence-electron chi connectivity index (χ0n) is 12.9. The number of carbonyl (C=O) groups is 1. The molecule has 0 radical (unpaired) electrons. The van der Waals surface area contributed by atoms with Crippen LogP contribution in [0.1, 0.15) is 23.3 Å². The van der Waals surface area contributed by atoms with Crippen molar-refractivity contribution in [2.45, 2.75) is 32.2 Å². The molecule has 0 saturated heterocycles. The van der Waals surface area contributed by atoms with Gasteiger partial charge in [0.15, 0.2) is 0 Å². The third-order valence-electron chi connectivity index (χ3n) is 4.29. The molecule has 1 N–H and O–H groups in total. The Bertz CT molecular complexity index is 992. The quantitative estimate of drug-likeness (QED) is 0.788. The molecule has 1 aliphatic rings. The van der Waals surface area contributed by atoms with E-state index < -0.39 is 5.97 Å². The van der Waals surface area contributed by atoms with Crippen LogP contribution in [0.5, 0.6) is 0 Å². The number of nitrogens with zero attached hydrogens (tertiary/aromatic N) is 3. The molecule has 7 heteroatoms. The topological polar surface area (TPSA) is 85.1 Å². The maximum atomic E-state index is 13.1. The summed E-state index contributed by atoms with van der Waals surface area (Å²) in [5, 5.41) is 9.68.